The summed E-state index contributed by atoms with van der Waals surface area (Å²) in [6, 6.07) is 5.12. The van der Waals surface area contributed by atoms with E-state index in [0.29, 0.717) is 22.2 Å². The molecule has 0 aliphatic heterocycles. The highest BCUT2D eigenvalue weighted by Crippen LogP contribution is 2.30. The van der Waals surface area contributed by atoms with Gasteiger partial charge >= 0.3 is 5.35 Å². The van der Waals surface area contributed by atoms with Crippen LogP contribution in [0.25, 0.3) is 11.4 Å². The molecule has 1 heterocycles. The highest BCUT2D eigenvalue weighted by atomic mass is 35.5. The highest BCUT2D eigenvalue weighted by molar-refractivity contribution is 6.30. The van der Waals surface area contributed by atoms with Gasteiger partial charge in [0.15, 0.2) is 0 Å². The zero-order chi connectivity index (χ0) is 10.8. The molecular formula is C9H6Cl2N2O2. The average molecular weight is 245 g/mol. The number of hydrogen-bond donors (Lipinski definition) is 0. The third-order valence-corrected chi connectivity index (χ3v) is 2.19. The molecule has 0 aliphatic rings. The fourth-order valence-electron chi connectivity index (χ4n) is 1.16. The van der Waals surface area contributed by atoms with E-state index in [0.717, 1.165) is 0 Å². The van der Waals surface area contributed by atoms with E-state index in [2.05, 4.69) is 14.7 Å². The maximum absolute atomic E-state index is 5.82. The van der Waals surface area contributed by atoms with Crippen molar-refractivity contribution in [3.8, 4) is 17.1 Å². The van der Waals surface area contributed by atoms with Crippen molar-refractivity contribution in [2.24, 2.45) is 0 Å². The van der Waals surface area contributed by atoms with E-state index in [4.69, 9.17) is 27.9 Å². The lowest BCUT2D eigenvalue weighted by Crippen LogP contribution is -1.89. The third-order valence-electron chi connectivity index (χ3n) is 1.81. The van der Waals surface area contributed by atoms with Crippen molar-refractivity contribution in [1.29, 1.82) is 0 Å². The van der Waals surface area contributed by atoms with Gasteiger partial charge in [-0.15, -0.1) is 0 Å². The summed E-state index contributed by atoms with van der Waals surface area (Å²) >= 11 is 11.3. The summed E-state index contributed by atoms with van der Waals surface area (Å²) in [5, 5.41) is 4.25. The molecule has 2 rings (SSSR count). The van der Waals surface area contributed by atoms with E-state index in [1.165, 1.54) is 7.11 Å². The number of halogens is 2. The molecular weight excluding hydrogens is 239 g/mol. The lowest BCUT2D eigenvalue weighted by Gasteiger charge is -2.04. The summed E-state index contributed by atoms with van der Waals surface area (Å²) in [5.41, 5.74) is 0.678. The largest absolute Gasteiger partial charge is 0.496 e. The van der Waals surface area contributed by atoms with Gasteiger partial charge in [-0.2, -0.15) is 4.98 Å². The Bertz CT molecular complexity index is 485. The van der Waals surface area contributed by atoms with Crippen LogP contribution in [0.5, 0.6) is 5.75 Å². The lowest BCUT2D eigenvalue weighted by atomic mass is 10.2. The van der Waals surface area contributed by atoms with Crippen molar-refractivity contribution in [2.75, 3.05) is 7.11 Å². The van der Waals surface area contributed by atoms with Crippen molar-refractivity contribution in [1.82, 2.24) is 10.1 Å². The summed E-state index contributed by atoms with van der Waals surface area (Å²) in [6.45, 7) is 0. The number of nitrogens with zero attached hydrogens (tertiary/aromatic N) is 2. The number of rotatable bonds is 2. The van der Waals surface area contributed by atoms with Crippen LogP contribution in [-0.2, 0) is 0 Å². The molecule has 78 valence electrons. The first kappa shape index (κ1) is 10.3. The Labute approximate surface area is 95.8 Å². The molecule has 0 bridgehead atoms. The van der Waals surface area contributed by atoms with Crippen LogP contribution in [0.4, 0.5) is 0 Å². The van der Waals surface area contributed by atoms with Crippen molar-refractivity contribution in [3.05, 3.63) is 28.6 Å². The second kappa shape index (κ2) is 4.08. The molecule has 1 aromatic carbocycles. The van der Waals surface area contributed by atoms with Crippen LogP contribution in [0.1, 0.15) is 0 Å². The minimum atomic E-state index is -0.0120. The topological polar surface area (TPSA) is 48.2 Å². The Morgan fingerprint density at radius 2 is 2.13 bits per heavy atom. The smallest absolute Gasteiger partial charge is 0.320 e. The summed E-state index contributed by atoms with van der Waals surface area (Å²) in [4.78, 5) is 3.88. The molecule has 0 radical (unpaired) electrons. The van der Waals surface area contributed by atoms with E-state index in [1.54, 1.807) is 18.2 Å². The quantitative estimate of drug-likeness (QED) is 0.815. The zero-order valence-electron chi connectivity index (χ0n) is 7.70. The predicted molar refractivity (Wildman–Crippen MR) is 56.3 cm³/mol. The Morgan fingerprint density at radius 3 is 2.73 bits per heavy atom. The van der Waals surface area contributed by atoms with E-state index in [-0.39, 0.29) is 5.35 Å². The minimum absolute atomic E-state index is 0.0120. The molecule has 0 aliphatic carbocycles. The molecule has 4 nitrogen and oxygen atoms in total. The molecule has 15 heavy (non-hydrogen) atoms. The van der Waals surface area contributed by atoms with Crippen molar-refractivity contribution >= 4 is 23.2 Å². The number of ether oxygens (including phenoxy) is 1. The van der Waals surface area contributed by atoms with Gasteiger partial charge in [-0.1, -0.05) is 16.8 Å². The first-order chi connectivity index (χ1) is 7.20. The maximum Gasteiger partial charge on any atom is 0.320 e. The zero-order valence-corrected chi connectivity index (χ0v) is 9.21. The normalized spacial score (nSPS) is 10.3. The molecule has 2 aromatic rings. The van der Waals surface area contributed by atoms with E-state index in [9.17, 15) is 0 Å². The number of benzene rings is 1. The van der Waals surface area contributed by atoms with Gasteiger partial charge in [-0.3, -0.25) is 0 Å². The predicted octanol–water partition coefficient (Wildman–Crippen LogP) is 3.05. The first-order valence-electron chi connectivity index (χ1n) is 4.04. The van der Waals surface area contributed by atoms with Crippen molar-refractivity contribution in [3.63, 3.8) is 0 Å². The molecule has 0 spiro atoms. The number of methoxy groups -OCH3 is 1. The lowest BCUT2D eigenvalue weighted by molar-refractivity contribution is 0.411. The number of hydrogen-bond acceptors (Lipinski definition) is 4. The monoisotopic (exact) mass is 244 g/mol. The van der Waals surface area contributed by atoms with Crippen LogP contribution in [0.15, 0.2) is 22.7 Å². The van der Waals surface area contributed by atoms with Crippen LogP contribution >= 0.6 is 23.2 Å². The van der Waals surface area contributed by atoms with Gasteiger partial charge in [0.05, 0.1) is 12.7 Å². The SMILES string of the molecule is COc1cc(Cl)ccc1-c1noc(Cl)n1. The summed E-state index contributed by atoms with van der Waals surface area (Å²) in [5.74, 6) is 0.938. The molecule has 0 unspecified atom stereocenters. The molecule has 0 N–H and O–H groups in total. The van der Waals surface area contributed by atoms with E-state index >= 15 is 0 Å². The van der Waals surface area contributed by atoms with Crippen molar-refractivity contribution in [2.45, 2.75) is 0 Å². The molecule has 0 fully saturated rings. The van der Waals surface area contributed by atoms with Crippen LogP contribution in [0.3, 0.4) is 0 Å². The Hall–Kier alpha value is -1.26. The van der Waals surface area contributed by atoms with Crippen LogP contribution < -0.4 is 4.74 Å². The van der Waals surface area contributed by atoms with Gasteiger partial charge in [0.1, 0.15) is 5.75 Å². The summed E-state index contributed by atoms with van der Waals surface area (Å²) in [6.07, 6.45) is 0. The third kappa shape index (κ3) is 2.06. The van der Waals surface area contributed by atoms with Crippen molar-refractivity contribution < 1.29 is 9.26 Å². The van der Waals surface area contributed by atoms with Crippen LogP contribution in [-0.4, -0.2) is 17.3 Å². The molecule has 6 heteroatoms. The molecule has 0 amide bonds. The minimum Gasteiger partial charge on any atom is -0.496 e. The van der Waals surface area contributed by atoms with Crippen LogP contribution in [0.2, 0.25) is 10.4 Å². The van der Waals surface area contributed by atoms with Gasteiger partial charge in [0.25, 0.3) is 0 Å². The second-order valence-electron chi connectivity index (χ2n) is 2.72. The average Bonchev–Trinajstić information content (AvgIpc) is 2.64. The summed E-state index contributed by atoms with van der Waals surface area (Å²) in [7, 11) is 1.54. The number of aromatic nitrogens is 2. The Balaban J connectivity index is 2.52. The standard InChI is InChI=1S/C9H6Cl2N2O2/c1-14-7-4-5(10)2-3-6(7)8-12-9(11)15-13-8/h2-4H,1H3. The van der Waals surface area contributed by atoms with Crippen LogP contribution in [0, 0.1) is 0 Å². The van der Waals surface area contributed by atoms with Gasteiger partial charge < -0.3 is 9.26 Å². The first-order valence-corrected chi connectivity index (χ1v) is 4.79. The van der Waals surface area contributed by atoms with E-state index in [1.807, 2.05) is 0 Å². The molecule has 0 saturated heterocycles. The Morgan fingerprint density at radius 1 is 1.33 bits per heavy atom. The van der Waals surface area contributed by atoms with Gasteiger partial charge in [0, 0.05) is 5.02 Å². The fraction of sp³-hybridized carbons (Fsp3) is 0.111. The second-order valence-corrected chi connectivity index (χ2v) is 3.48. The Kier molecular flexibility index (Phi) is 2.79. The molecule has 1 aromatic heterocycles. The molecule has 0 saturated carbocycles. The molecule has 0 atom stereocenters. The van der Waals surface area contributed by atoms with Gasteiger partial charge in [-0.25, -0.2) is 0 Å². The fourth-order valence-corrected chi connectivity index (χ4v) is 1.44. The van der Waals surface area contributed by atoms with Gasteiger partial charge in [-0.05, 0) is 29.8 Å². The maximum atomic E-state index is 5.82. The van der Waals surface area contributed by atoms with E-state index < -0.39 is 0 Å². The summed E-state index contributed by atoms with van der Waals surface area (Å²) < 4.78 is 9.81. The van der Waals surface area contributed by atoms with Gasteiger partial charge in [0.2, 0.25) is 5.82 Å². The highest BCUT2D eigenvalue weighted by Gasteiger charge is 2.12.